The molecule has 0 saturated heterocycles. The number of rotatable bonds is 8. The molecule has 0 bridgehead atoms. The SMILES string of the molecule is C.O=C1c2ccc(Oc3ccc(C4(c5ccc(Oc6ccc7c(c6)C(=O)N(c6cccc8cc(O)ccc68)C7=O)cc5)c5ccccc5-c5ccccc54)cc3)cc2C(=O)N1c1cccc2cc(O)ccc12. The summed E-state index contributed by atoms with van der Waals surface area (Å²) >= 11 is 0. The smallest absolute Gasteiger partial charge is 0.266 e. The number of benzene rings is 10. The molecular formula is C62H40N2O8. The van der Waals surface area contributed by atoms with Crippen molar-refractivity contribution in [2.45, 2.75) is 12.8 Å². The number of amides is 4. The van der Waals surface area contributed by atoms with Crippen molar-refractivity contribution in [2.75, 3.05) is 9.80 Å². The summed E-state index contributed by atoms with van der Waals surface area (Å²) in [6.07, 6.45) is 0. The zero-order chi connectivity index (χ0) is 48.1. The number of phenols is 2. The van der Waals surface area contributed by atoms with E-state index in [-0.39, 0.29) is 41.2 Å². The minimum Gasteiger partial charge on any atom is -0.508 e. The molecule has 0 saturated carbocycles. The van der Waals surface area contributed by atoms with Crippen LogP contribution in [-0.4, -0.2) is 33.8 Å². The van der Waals surface area contributed by atoms with Crippen molar-refractivity contribution < 1.29 is 38.9 Å². The Kier molecular flexibility index (Phi) is 9.92. The van der Waals surface area contributed by atoms with E-state index in [0.29, 0.717) is 55.9 Å². The van der Waals surface area contributed by atoms with E-state index in [9.17, 15) is 29.4 Å². The molecule has 72 heavy (non-hydrogen) atoms. The number of hydrogen-bond donors (Lipinski definition) is 2. The molecule has 0 atom stereocenters. The molecule has 346 valence electrons. The minimum absolute atomic E-state index is 0. The number of phenolic OH excluding ortho intramolecular Hbond substituents is 2. The van der Waals surface area contributed by atoms with Crippen molar-refractivity contribution in [2.24, 2.45) is 0 Å². The maximum absolute atomic E-state index is 13.9. The largest absolute Gasteiger partial charge is 0.508 e. The molecule has 4 amide bonds. The fraction of sp³-hybridized carbons (Fsp3) is 0.0323. The van der Waals surface area contributed by atoms with Gasteiger partial charge in [0.2, 0.25) is 0 Å². The quantitative estimate of drug-likeness (QED) is 0.144. The summed E-state index contributed by atoms with van der Waals surface area (Å²) in [7, 11) is 0. The lowest BCUT2D eigenvalue weighted by molar-refractivity contribution is 0.0910. The number of anilines is 2. The van der Waals surface area contributed by atoms with Crippen LogP contribution in [0.3, 0.4) is 0 Å². The Labute approximate surface area is 412 Å². The highest BCUT2D eigenvalue weighted by Crippen LogP contribution is 2.56. The second kappa shape index (κ2) is 16.4. The number of fused-ring (bicyclic) bond motifs is 7. The second-order valence-corrected chi connectivity index (χ2v) is 17.8. The number of aromatic hydroxyl groups is 2. The maximum atomic E-state index is 13.9. The van der Waals surface area contributed by atoms with Gasteiger partial charge in [0.05, 0.1) is 39.0 Å². The summed E-state index contributed by atoms with van der Waals surface area (Å²) in [6, 6.07) is 62.6. The van der Waals surface area contributed by atoms with Gasteiger partial charge in [-0.3, -0.25) is 19.2 Å². The van der Waals surface area contributed by atoms with E-state index in [4.69, 9.17) is 9.47 Å². The predicted octanol–water partition coefficient (Wildman–Crippen LogP) is 13.6. The van der Waals surface area contributed by atoms with E-state index < -0.39 is 29.0 Å². The fourth-order valence-electron chi connectivity index (χ4n) is 10.7. The third-order valence-electron chi connectivity index (χ3n) is 13.9. The Balaban J connectivity index is 0.00000530. The second-order valence-electron chi connectivity index (χ2n) is 17.8. The summed E-state index contributed by atoms with van der Waals surface area (Å²) < 4.78 is 12.8. The molecule has 1 aliphatic carbocycles. The lowest BCUT2D eigenvalue weighted by Gasteiger charge is -2.34. The van der Waals surface area contributed by atoms with E-state index in [2.05, 4.69) is 48.5 Å². The van der Waals surface area contributed by atoms with Crippen LogP contribution in [0.5, 0.6) is 34.5 Å². The summed E-state index contributed by atoms with van der Waals surface area (Å²) in [6.45, 7) is 0. The summed E-state index contributed by atoms with van der Waals surface area (Å²) in [4.78, 5) is 57.6. The molecule has 0 aromatic heterocycles. The molecule has 3 aliphatic rings. The number of nitrogens with zero attached hydrogens (tertiary/aromatic N) is 2. The van der Waals surface area contributed by atoms with Gasteiger partial charge in [0.25, 0.3) is 23.6 Å². The first kappa shape index (κ1) is 43.5. The molecule has 10 aromatic carbocycles. The van der Waals surface area contributed by atoms with Crippen LogP contribution >= 0.6 is 0 Å². The highest BCUT2D eigenvalue weighted by atomic mass is 16.5. The summed E-state index contributed by atoms with van der Waals surface area (Å²) in [5.74, 6) is 0.235. The Morgan fingerprint density at radius 1 is 0.347 bits per heavy atom. The Hall–Kier alpha value is -9.80. The maximum Gasteiger partial charge on any atom is 0.266 e. The summed E-state index contributed by atoms with van der Waals surface area (Å²) in [5.41, 5.74) is 7.54. The third kappa shape index (κ3) is 6.50. The topological polar surface area (TPSA) is 134 Å². The van der Waals surface area contributed by atoms with Gasteiger partial charge in [-0.2, -0.15) is 0 Å². The minimum atomic E-state index is -0.751. The van der Waals surface area contributed by atoms with Gasteiger partial charge >= 0.3 is 0 Å². The monoisotopic (exact) mass is 940 g/mol. The van der Waals surface area contributed by atoms with Crippen LogP contribution in [0, 0.1) is 0 Å². The van der Waals surface area contributed by atoms with Crippen LogP contribution in [0.1, 0.15) is 71.1 Å². The molecule has 0 radical (unpaired) electrons. The van der Waals surface area contributed by atoms with Crippen molar-refractivity contribution in [1.29, 1.82) is 0 Å². The van der Waals surface area contributed by atoms with E-state index in [1.54, 1.807) is 84.9 Å². The van der Waals surface area contributed by atoms with Gasteiger partial charge in [0.1, 0.15) is 34.5 Å². The van der Waals surface area contributed by atoms with Gasteiger partial charge < -0.3 is 19.7 Å². The van der Waals surface area contributed by atoms with Gasteiger partial charge in [-0.25, -0.2) is 9.80 Å². The van der Waals surface area contributed by atoms with Crippen LogP contribution in [0.2, 0.25) is 0 Å². The Bertz CT molecular complexity index is 3700. The molecule has 2 N–H and O–H groups in total. The lowest BCUT2D eigenvalue weighted by atomic mass is 9.68. The molecular weight excluding hydrogens is 901 g/mol. The van der Waals surface area contributed by atoms with Crippen molar-refractivity contribution in [3.05, 3.63) is 251 Å². The molecule has 0 fully saturated rings. The molecule has 2 aliphatic heterocycles. The number of carbonyl (C=O) groups is 4. The van der Waals surface area contributed by atoms with E-state index in [1.165, 1.54) is 21.9 Å². The fourth-order valence-corrected chi connectivity index (χ4v) is 10.7. The Morgan fingerprint density at radius 2 is 0.736 bits per heavy atom. The normalized spacial score (nSPS) is 14.0. The third-order valence-corrected chi connectivity index (χ3v) is 13.9. The van der Waals surface area contributed by atoms with Gasteiger partial charge in [0, 0.05) is 10.8 Å². The average molecular weight is 941 g/mol. The lowest BCUT2D eigenvalue weighted by Crippen LogP contribution is -2.29. The van der Waals surface area contributed by atoms with E-state index >= 15 is 0 Å². The average Bonchev–Trinajstić information content (AvgIpc) is 3.93. The van der Waals surface area contributed by atoms with E-state index in [0.717, 1.165) is 33.4 Å². The molecule has 10 aromatic rings. The molecule has 0 spiro atoms. The molecule has 10 heteroatoms. The first-order valence-electron chi connectivity index (χ1n) is 22.9. The zero-order valence-corrected chi connectivity index (χ0v) is 37.4. The molecule has 10 nitrogen and oxygen atoms in total. The Morgan fingerprint density at radius 3 is 1.17 bits per heavy atom. The highest BCUT2D eigenvalue weighted by Gasteiger charge is 2.46. The molecule has 2 heterocycles. The summed E-state index contributed by atoms with van der Waals surface area (Å²) in [5, 5.41) is 22.8. The van der Waals surface area contributed by atoms with Gasteiger partial charge in [-0.05, 0) is 153 Å². The number of hydrogen-bond acceptors (Lipinski definition) is 8. The van der Waals surface area contributed by atoms with Gasteiger partial charge in [0.15, 0.2) is 0 Å². The standard InChI is InChI=1S/C61H36N2O8.CH4/c64-39-19-27-45-35(31-39)7-5-13-55(45)62-57(66)49-29-25-43(33-51(49)59(62)68)70-41-21-15-37(16-22-41)61(53-11-3-1-9-47(53)48-10-2-4-12-54(48)61)38-17-23-42(24-18-38)71-44-26-30-50-52(34-44)60(69)63(58(50)67)56-14-6-8-36-32-40(65)20-28-46(36)56;/h1-34,64-65H;1H4. The van der Waals surface area contributed by atoms with Crippen molar-refractivity contribution in [3.8, 4) is 45.6 Å². The first-order valence-corrected chi connectivity index (χ1v) is 22.9. The van der Waals surface area contributed by atoms with Crippen molar-refractivity contribution >= 4 is 56.5 Å². The zero-order valence-electron chi connectivity index (χ0n) is 37.4. The molecule has 0 unspecified atom stereocenters. The first-order chi connectivity index (χ1) is 34.6. The van der Waals surface area contributed by atoms with Crippen LogP contribution < -0.4 is 19.3 Å². The van der Waals surface area contributed by atoms with Crippen molar-refractivity contribution in [1.82, 2.24) is 0 Å². The highest BCUT2D eigenvalue weighted by molar-refractivity contribution is 6.37. The number of ether oxygens (including phenoxy) is 2. The van der Waals surface area contributed by atoms with Gasteiger partial charge in [-0.1, -0.05) is 104 Å². The van der Waals surface area contributed by atoms with E-state index in [1.807, 2.05) is 60.7 Å². The number of imide groups is 2. The van der Waals surface area contributed by atoms with Crippen LogP contribution in [0.4, 0.5) is 11.4 Å². The van der Waals surface area contributed by atoms with Gasteiger partial charge in [-0.15, -0.1) is 0 Å². The number of carbonyl (C=O) groups excluding carboxylic acids is 4. The van der Waals surface area contributed by atoms with Crippen LogP contribution in [0.15, 0.2) is 206 Å². The van der Waals surface area contributed by atoms with Crippen molar-refractivity contribution in [3.63, 3.8) is 0 Å². The van der Waals surface area contributed by atoms with Crippen LogP contribution in [0.25, 0.3) is 32.7 Å². The molecule has 13 rings (SSSR count). The predicted molar refractivity (Wildman–Crippen MR) is 277 cm³/mol. The van der Waals surface area contributed by atoms with Crippen LogP contribution in [-0.2, 0) is 5.41 Å².